The summed E-state index contributed by atoms with van der Waals surface area (Å²) < 4.78 is 1.94. The molecule has 0 aliphatic carbocycles. The van der Waals surface area contributed by atoms with E-state index < -0.39 is 5.97 Å². The second-order valence-corrected chi connectivity index (χ2v) is 7.89. The molecule has 150 valence electrons. The van der Waals surface area contributed by atoms with Gasteiger partial charge in [0.1, 0.15) is 12.2 Å². The standard InChI is InChI=1S/C23H25N3O2S/c1-16(2)13-19(11-12-29)22-24-15-25-26(22)14-17-7-9-18(10-8-17)20-5-3-4-6-21(20)23(27)28/h3-10,12,15-16,19H,11,13-14H2,1-2H3,(H,27,28). The number of benzene rings is 2. The Labute approximate surface area is 176 Å². The molecule has 0 amide bonds. The minimum atomic E-state index is -0.924. The number of thiocarbonyl (C=S) groups is 1. The van der Waals surface area contributed by atoms with Gasteiger partial charge < -0.3 is 5.11 Å². The Morgan fingerprint density at radius 2 is 1.90 bits per heavy atom. The Morgan fingerprint density at radius 3 is 2.55 bits per heavy atom. The van der Waals surface area contributed by atoms with E-state index in [0.717, 1.165) is 29.8 Å². The van der Waals surface area contributed by atoms with E-state index in [1.165, 1.54) is 0 Å². The molecule has 1 aromatic heterocycles. The lowest BCUT2D eigenvalue weighted by Gasteiger charge is -2.17. The summed E-state index contributed by atoms with van der Waals surface area (Å²) in [5, 5.41) is 15.6. The second-order valence-electron chi connectivity index (χ2n) is 7.55. The third-order valence-corrected chi connectivity index (χ3v) is 5.09. The lowest BCUT2D eigenvalue weighted by atomic mass is 9.94. The molecule has 1 atom stereocenters. The molecule has 2 aromatic carbocycles. The van der Waals surface area contributed by atoms with E-state index in [1.54, 1.807) is 23.8 Å². The first kappa shape index (κ1) is 20.9. The summed E-state index contributed by atoms with van der Waals surface area (Å²) in [4.78, 5) is 16.0. The van der Waals surface area contributed by atoms with Gasteiger partial charge in [0, 0.05) is 5.92 Å². The number of aromatic nitrogens is 3. The smallest absolute Gasteiger partial charge is 0.336 e. The Morgan fingerprint density at radius 1 is 1.17 bits per heavy atom. The van der Waals surface area contributed by atoms with Gasteiger partial charge in [0.25, 0.3) is 0 Å². The van der Waals surface area contributed by atoms with Gasteiger partial charge in [-0.25, -0.2) is 14.5 Å². The maximum absolute atomic E-state index is 11.5. The van der Waals surface area contributed by atoms with Crippen LogP contribution in [0.1, 0.15) is 54.4 Å². The zero-order valence-corrected chi connectivity index (χ0v) is 17.5. The van der Waals surface area contributed by atoms with Crippen molar-refractivity contribution in [1.29, 1.82) is 0 Å². The summed E-state index contributed by atoms with van der Waals surface area (Å²) in [6.45, 7) is 5.01. The molecule has 0 aliphatic rings. The summed E-state index contributed by atoms with van der Waals surface area (Å²) in [5.41, 5.74) is 2.98. The van der Waals surface area contributed by atoms with Crippen molar-refractivity contribution in [2.45, 2.75) is 39.2 Å². The average Bonchev–Trinajstić information content (AvgIpc) is 3.16. The van der Waals surface area contributed by atoms with Crippen LogP contribution in [-0.2, 0) is 6.54 Å². The highest BCUT2D eigenvalue weighted by Crippen LogP contribution is 2.27. The van der Waals surface area contributed by atoms with Gasteiger partial charge in [-0.3, -0.25) is 0 Å². The molecule has 3 rings (SSSR count). The summed E-state index contributed by atoms with van der Waals surface area (Å²) in [6.07, 6.45) is 3.41. The second kappa shape index (κ2) is 9.56. The van der Waals surface area contributed by atoms with E-state index >= 15 is 0 Å². The van der Waals surface area contributed by atoms with Crippen molar-refractivity contribution in [2.24, 2.45) is 5.92 Å². The number of carboxylic acid groups (broad SMARTS) is 1. The molecular formula is C23H25N3O2S. The van der Waals surface area contributed by atoms with Gasteiger partial charge >= 0.3 is 5.97 Å². The van der Waals surface area contributed by atoms with Crippen LogP contribution >= 0.6 is 12.2 Å². The van der Waals surface area contributed by atoms with E-state index in [4.69, 9.17) is 12.2 Å². The quantitative estimate of drug-likeness (QED) is 0.493. The highest BCUT2D eigenvalue weighted by molar-refractivity contribution is 7.78. The average molecular weight is 408 g/mol. The highest BCUT2D eigenvalue weighted by atomic mass is 32.1. The first-order valence-corrected chi connectivity index (χ1v) is 10.2. The van der Waals surface area contributed by atoms with Crippen LogP contribution in [0.2, 0.25) is 0 Å². The summed E-state index contributed by atoms with van der Waals surface area (Å²) >= 11 is 5.09. The molecule has 1 heterocycles. The van der Waals surface area contributed by atoms with Crippen molar-refractivity contribution >= 4 is 23.6 Å². The number of rotatable bonds is 9. The number of carbonyl (C=O) groups is 1. The molecule has 0 spiro atoms. The largest absolute Gasteiger partial charge is 0.478 e. The lowest BCUT2D eigenvalue weighted by Crippen LogP contribution is -2.13. The molecule has 5 nitrogen and oxygen atoms in total. The fourth-order valence-electron chi connectivity index (χ4n) is 3.59. The molecule has 0 fully saturated rings. The van der Waals surface area contributed by atoms with Gasteiger partial charge in [0.2, 0.25) is 0 Å². The van der Waals surface area contributed by atoms with Crippen LogP contribution in [0, 0.1) is 5.92 Å². The predicted molar refractivity (Wildman–Crippen MR) is 118 cm³/mol. The third-order valence-electron chi connectivity index (χ3n) is 4.90. The number of nitrogens with zero attached hydrogens (tertiary/aromatic N) is 3. The number of hydrogen-bond acceptors (Lipinski definition) is 4. The van der Waals surface area contributed by atoms with E-state index in [9.17, 15) is 9.90 Å². The van der Waals surface area contributed by atoms with Crippen LogP contribution in [0.5, 0.6) is 0 Å². The van der Waals surface area contributed by atoms with Crippen molar-refractivity contribution in [3.05, 3.63) is 71.8 Å². The van der Waals surface area contributed by atoms with E-state index in [1.807, 2.05) is 41.1 Å². The van der Waals surface area contributed by atoms with Gasteiger partial charge in [-0.15, -0.1) is 0 Å². The minimum absolute atomic E-state index is 0.261. The Kier molecular flexibility index (Phi) is 6.88. The molecule has 0 saturated carbocycles. The summed E-state index contributed by atoms with van der Waals surface area (Å²) in [6, 6.07) is 15.0. The van der Waals surface area contributed by atoms with E-state index in [2.05, 4.69) is 23.9 Å². The van der Waals surface area contributed by atoms with Crippen molar-refractivity contribution in [3.63, 3.8) is 0 Å². The van der Waals surface area contributed by atoms with Crippen molar-refractivity contribution in [1.82, 2.24) is 14.8 Å². The summed E-state index contributed by atoms with van der Waals surface area (Å²) in [7, 11) is 0. The topological polar surface area (TPSA) is 68.0 Å². The normalized spacial score (nSPS) is 12.1. The number of carboxylic acids is 1. The maximum Gasteiger partial charge on any atom is 0.336 e. The number of hydrogen-bond donors (Lipinski definition) is 1. The van der Waals surface area contributed by atoms with Gasteiger partial charge in [-0.2, -0.15) is 5.10 Å². The summed E-state index contributed by atoms with van der Waals surface area (Å²) in [5.74, 6) is 0.845. The third kappa shape index (κ3) is 5.15. The van der Waals surface area contributed by atoms with Crippen LogP contribution < -0.4 is 0 Å². The molecule has 29 heavy (non-hydrogen) atoms. The molecule has 0 bridgehead atoms. The van der Waals surface area contributed by atoms with Crippen LogP contribution in [-0.4, -0.2) is 31.2 Å². The van der Waals surface area contributed by atoms with Crippen LogP contribution in [0.3, 0.4) is 0 Å². The fraction of sp³-hybridized carbons (Fsp3) is 0.304. The molecule has 1 N–H and O–H groups in total. The molecule has 6 heteroatoms. The molecule has 1 unspecified atom stereocenters. The maximum atomic E-state index is 11.5. The Hall–Kier alpha value is -2.86. The SMILES string of the molecule is CC(C)CC(CC=S)c1ncnn1Cc1ccc(-c2ccccc2C(=O)O)cc1. The zero-order valence-electron chi connectivity index (χ0n) is 16.7. The zero-order chi connectivity index (χ0) is 20.8. The first-order chi connectivity index (χ1) is 14.0. The number of aromatic carboxylic acids is 1. The van der Waals surface area contributed by atoms with Gasteiger partial charge in [0.05, 0.1) is 12.1 Å². The van der Waals surface area contributed by atoms with Crippen molar-refractivity contribution in [3.8, 4) is 11.1 Å². The molecular weight excluding hydrogens is 382 g/mol. The van der Waals surface area contributed by atoms with Crippen molar-refractivity contribution < 1.29 is 9.90 Å². The first-order valence-electron chi connectivity index (χ1n) is 9.72. The highest BCUT2D eigenvalue weighted by Gasteiger charge is 2.19. The lowest BCUT2D eigenvalue weighted by molar-refractivity contribution is 0.0697. The predicted octanol–water partition coefficient (Wildman–Crippen LogP) is 5.21. The van der Waals surface area contributed by atoms with Crippen LogP contribution in [0.25, 0.3) is 11.1 Å². The van der Waals surface area contributed by atoms with Crippen LogP contribution in [0.15, 0.2) is 54.9 Å². The fourth-order valence-corrected chi connectivity index (χ4v) is 3.82. The Balaban J connectivity index is 1.82. The van der Waals surface area contributed by atoms with E-state index in [0.29, 0.717) is 23.6 Å². The van der Waals surface area contributed by atoms with Crippen molar-refractivity contribution in [2.75, 3.05) is 0 Å². The van der Waals surface area contributed by atoms with Gasteiger partial charge in [-0.1, -0.05) is 68.5 Å². The molecule has 0 saturated heterocycles. The van der Waals surface area contributed by atoms with Gasteiger partial charge in [0.15, 0.2) is 0 Å². The van der Waals surface area contributed by atoms with E-state index in [-0.39, 0.29) is 5.92 Å². The monoisotopic (exact) mass is 407 g/mol. The minimum Gasteiger partial charge on any atom is -0.478 e. The Bertz CT molecular complexity index is 980. The van der Waals surface area contributed by atoms with Gasteiger partial charge in [-0.05, 0) is 46.9 Å². The molecule has 3 aromatic rings. The molecule has 0 radical (unpaired) electrons. The molecule has 0 aliphatic heterocycles. The van der Waals surface area contributed by atoms with Crippen LogP contribution in [0.4, 0.5) is 0 Å².